The second-order valence-electron chi connectivity index (χ2n) is 3.34. The Labute approximate surface area is 82.6 Å². The van der Waals surface area contributed by atoms with Gasteiger partial charge in [0.15, 0.2) is 0 Å². The van der Waals surface area contributed by atoms with Crippen molar-refractivity contribution in [1.29, 1.82) is 5.26 Å². The summed E-state index contributed by atoms with van der Waals surface area (Å²) in [6, 6.07) is 8.61. The van der Waals surface area contributed by atoms with Crippen molar-refractivity contribution in [2.75, 3.05) is 0 Å². The van der Waals surface area contributed by atoms with Crippen molar-refractivity contribution in [2.24, 2.45) is 0 Å². The highest BCUT2D eigenvalue weighted by atomic mass is 16.3. The zero-order chi connectivity index (χ0) is 10.6. The summed E-state index contributed by atoms with van der Waals surface area (Å²) in [6.45, 7) is 1.55. The van der Waals surface area contributed by atoms with Crippen molar-refractivity contribution < 1.29 is 9.90 Å². The highest BCUT2D eigenvalue weighted by molar-refractivity contribution is 5.52. The Morgan fingerprint density at radius 1 is 1.64 bits per heavy atom. The topological polar surface area (TPSA) is 61.1 Å². The van der Waals surface area contributed by atoms with E-state index in [4.69, 9.17) is 5.26 Å². The molecule has 1 N–H and O–H groups in total. The summed E-state index contributed by atoms with van der Waals surface area (Å²) in [5.41, 5.74) is -0.119. The predicted molar refractivity (Wildman–Crippen MR) is 51.4 cm³/mol. The first-order valence-electron chi connectivity index (χ1n) is 4.27. The zero-order valence-electron chi connectivity index (χ0n) is 7.90. The number of nitrogens with zero attached hydrogens (tertiary/aromatic N) is 1. The molecule has 0 amide bonds. The Balaban J connectivity index is 3.07. The normalized spacial score (nSPS) is 14.1. The van der Waals surface area contributed by atoms with Gasteiger partial charge in [0.1, 0.15) is 6.29 Å². The summed E-state index contributed by atoms with van der Waals surface area (Å²) in [4.78, 5) is 10.3. The van der Waals surface area contributed by atoms with Crippen LogP contribution in [0.3, 0.4) is 0 Å². The molecule has 3 heteroatoms. The molecule has 0 aliphatic heterocycles. The molecule has 1 unspecified atom stereocenters. The summed E-state index contributed by atoms with van der Waals surface area (Å²) in [7, 11) is 0. The Bertz CT molecular complexity index is 377. The third-order valence-corrected chi connectivity index (χ3v) is 2.09. The lowest BCUT2D eigenvalue weighted by Gasteiger charge is -2.20. The van der Waals surface area contributed by atoms with Crippen LogP contribution in [0.2, 0.25) is 0 Å². The van der Waals surface area contributed by atoms with E-state index >= 15 is 0 Å². The average molecular weight is 189 g/mol. The molecule has 1 rings (SSSR count). The summed E-state index contributed by atoms with van der Waals surface area (Å²) < 4.78 is 0. The molecule has 1 aromatic carbocycles. The molecule has 0 heterocycles. The van der Waals surface area contributed by atoms with Crippen LogP contribution < -0.4 is 0 Å². The fraction of sp³-hybridized carbons (Fsp3) is 0.273. The van der Waals surface area contributed by atoms with E-state index in [9.17, 15) is 9.90 Å². The quantitative estimate of drug-likeness (QED) is 0.730. The molecular formula is C11H11NO2. The number of nitriles is 1. The largest absolute Gasteiger partial charge is 0.385 e. The molecule has 0 aliphatic rings. The minimum Gasteiger partial charge on any atom is -0.385 e. The molecule has 3 nitrogen and oxygen atoms in total. The summed E-state index contributed by atoms with van der Waals surface area (Å²) in [5.74, 6) is 0. The smallest absolute Gasteiger partial charge is 0.123 e. The van der Waals surface area contributed by atoms with E-state index in [1.165, 1.54) is 0 Å². The fourth-order valence-corrected chi connectivity index (χ4v) is 1.20. The van der Waals surface area contributed by atoms with Gasteiger partial charge in [-0.15, -0.1) is 0 Å². The number of hydrogen-bond acceptors (Lipinski definition) is 3. The molecule has 0 bridgehead atoms. The molecule has 0 fully saturated rings. The van der Waals surface area contributed by atoms with Crippen LogP contribution in [0.1, 0.15) is 24.5 Å². The molecule has 0 radical (unpaired) electrons. The minimum atomic E-state index is -1.19. The van der Waals surface area contributed by atoms with Gasteiger partial charge in [0, 0.05) is 6.42 Å². The van der Waals surface area contributed by atoms with Gasteiger partial charge in [-0.25, -0.2) is 0 Å². The number of aldehydes is 1. The summed E-state index contributed by atoms with van der Waals surface area (Å²) in [6.07, 6.45) is 0.695. The first-order valence-corrected chi connectivity index (χ1v) is 4.27. The van der Waals surface area contributed by atoms with Gasteiger partial charge in [0.25, 0.3) is 0 Å². The second-order valence-corrected chi connectivity index (χ2v) is 3.34. The van der Waals surface area contributed by atoms with Crippen molar-refractivity contribution in [2.45, 2.75) is 18.9 Å². The zero-order valence-corrected chi connectivity index (χ0v) is 7.90. The van der Waals surface area contributed by atoms with E-state index < -0.39 is 5.60 Å². The maximum absolute atomic E-state index is 10.3. The molecule has 14 heavy (non-hydrogen) atoms. The van der Waals surface area contributed by atoms with Gasteiger partial charge in [0.2, 0.25) is 0 Å². The van der Waals surface area contributed by atoms with E-state index in [1.807, 2.05) is 6.07 Å². The van der Waals surface area contributed by atoms with Gasteiger partial charge in [-0.1, -0.05) is 12.1 Å². The van der Waals surface area contributed by atoms with Crippen molar-refractivity contribution in [3.63, 3.8) is 0 Å². The van der Waals surface area contributed by atoms with Crippen molar-refractivity contribution in [3.05, 3.63) is 35.4 Å². The highest BCUT2D eigenvalue weighted by Gasteiger charge is 2.22. The lowest BCUT2D eigenvalue weighted by molar-refractivity contribution is -0.112. The van der Waals surface area contributed by atoms with Crippen LogP contribution in [0.4, 0.5) is 0 Å². The Hall–Kier alpha value is -1.66. The molecule has 0 saturated heterocycles. The molecule has 1 atom stereocenters. The van der Waals surface area contributed by atoms with E-state index in [0.717, 1.165) is 0 Å². The Morgan fingerprint density at radius 3 is 2.93 bits per heavy atom. The fourth-order valence-electron chi connectivity index (χ4n) is 1.20. The lowest BCUT2D eigenvalue weighted by atomic mass is 9.92. The van der Waals surface area contributed by atoms with Crippen molar-refractivity contribution in [3.8, 4) is 6.07 Å². The average Bonchev–Trinajstić information content (AvgIpc) is 2.18. The predicted octanol–water partition coefficient (Wildman–Crippen LogP) is 1.35. The molecule has 72 valence electrons. The molecule has 1 aromatic rings. The number of carbonyl (C=O) groups is 1. The van der Waals surface area contributed by atoms with Crippen LogP contribution >= 0.6 is 0 Å². The van der Waals surface area contributed by atoms with Crippen LogP contribution in [0.5, 0.6) is 0 Å². The van der Waals surface area contributed by atoms with Gasteiger partial charge >= 0.3 is 0 Å². The number of rotatable bonds is 3. The van der Waals surface area contributed by atoms with E-state index in [-0.39, 0.29) is 6.42 Å². The summed E-state index contributed by atoms with van der Waals surface area (Å²) in [5, 5.41) is 18.5. The molecular weight excluding hydrogens is 178 g/mol. The van der Waals surface area contributed by atoms with Crippen LogP contribution in [0, 0.1) is 11.3 Å². The van der Waals surface area contributed by atoms with E-state index in [0.29, 0.717) is 17.4 Å². The lowest BCUT2D eigenvalue weighted by Crippen LogP contribution is -2.21. The van der Waals surface area contributed by atoms with Gasteiger partial charge < -0.3 is 9.90 Å². The molecule has 0 aromatic heterocycles. The van der Waals surface area contributed by atoms with E-state index in [2.05, 4.69) is 0 Å². The third-order valence-electron chi connectivity index (χ3n) is 2.09. The standard InChI is InChI=1S/C11H11NO2/c1-11(14,5-6-13)10-4-2-3-9(7-10)8-12/h2-4,6-7,14H,5H2,1H3. The maximum atomic E-state index is 10.3. The van der Waals surface area contributed by atoms with Crippen LogP contribution in [-0.4, -0.2) is 11.4 Å². The first kappa shape index (κ1) is 10.4. The monoisotopic (exact) mass is 189 g/mol. The minimum absolute atomic E-state index is 0.0296. The van der Waals surface area contributed by atoms with Gasteiger partial charge in [-0.3, -0.25) is 0 Å². The summed E-state index contributed by atoms with van der Waals surface area (Å²) >= 11 is 0. The van der Waals surface area contributed by atoms with Gasteiger partial charge in [0.05, 0.1) is 17.2 Å². The number of aliphatic hydroxyl groups is 1. The Kier molecular flexibility index (Phi) is 3.00. The van der Waals surface area contributed by atoms with Gasteiger partial charge in [-0.2, -0.15) is 5.26 Å². The molecule has 0 saturated carbocycles. The van der Waals surface area contributed by atoms with Crippen molar-refractivity contribution in [1.82, 2.24) is 0 Å². The van der Waals surface area contributed by atoms with Crippen LogP contribution in [0.25, 0.3) is 0 Å². The first-order chi connectivity index (χ1) is 6.60. The van der Waals surface area contributed by atoms with Crippen LogP contribution in [-0.2, 0) is 10.4 Å². The Morgan fingerprint density at radius 2 is 2.36 bits per heavy atom. The SMILES string of the molecule is CC(O)(CC=O)c1cccc(C#N)c1. The number of benzene rings is 1. The molecule has 0 aliphatic carbocycles. The van der Waals surface area contributed by atoms with Gasteiger partial charge in [-0.05, 0) is 24.6 Å². The third kappa shape index (κ3) is 2.18. The number of carbonyl (C=O) groups excluding carboxylic acids is 1. The number of hydrogen-bond donors (Lipinski definition) is 1. The van der Waals surface area contributed by atoms with E-state index in [1.54, 1.807) is 31.2 Å². The maximum Gasteiger partial charge on any atom is 0.123 e. The van der Waals surface area contributed by atoms with Crippen molar-refractivity contribution >= 4 is 6.29 Å². The van der Waals surface area contributed by atoms with Crippen LogP contribution in [0.15, 0.2) is 24.3 Å². The second kappa shape index (κ2) is 4.03. The highest BCUT2D eigenvalue weighted by Crippen LogP contribution is 2.23. The molecule has 0 spiro atoms.